The number of benzene rings is 1. The molecule has 0 spiro atoms. The van der Waals surface area contributed by atoms with Crippen LogP contribution in [0.5, 0.6) is 0 Å². The summed E-state index contributed by atoms with van der Waals surface area (Å²) in [6, 6.07) is 4.46. The number of carbonyl (C=O) groups is 1. The highest BCUT2D eigenvalue weighted by Crippen LogP contribution is 2.11. The number of methoxy groups -OCH3 is 1. The topological polar surface area (TPSA) is 47.6 Å². The van der Waals surface area contributed by atoms with Gasteiger partial charge >= 0.3 is 5.97 Å². The Morgan fingerprint density at radius 2 is 2.22 bits per heavy atom. The third-order valence-corrected chi connectivity index (χ3v) is 2.40. The molecule has 0 aliphatic heterocycles. The van der Waals surface area contributed by atoms with Crippen LogP contribution in [0.2, 0.25) is 0 Å². The molecule has 0 amide bonds. The lowest BCUT2D eigenvalue weighted by molar-refractivity contribution is 0.0595. The molecule has 0 fully saturated rings. The molecule has 0 radical (unpaired) electrons. The zero-order valence-electron chi connectivity index (χ0n) is 10.7. The number of carbonyl (C=O) groups excluding carboxylic acids is 1. The van der Waals surface area contributed by atoms with E-state index in [4.69, 9.17) is 4.74 Å². The first-order chi connectivity index (χ1) is 8.69. The minimum atomic E-state index is -0.664. The lowest BCUT2D eigenvalue weighted by atomic mass is 10.1. The van der Waals surface area contributed by atoms with Crippen molar-refractivity contribution in [2.75, 3.05) is 26.9 Å². The van der Waals surface area contributed by atoms with E-state index in [1.54, 1.807) is 6.07 Å². The summed E-state index contributed by atoms with van der Waals surface area (Å²) in [6.07, 6.45) is 0. The SMILES string of the molecule is CCOCCNCc1ccc(C(=O)OC)c(F)c1. The number of esters is 1. The minimum absolute atomic E-state index is 0.0458. The number of hydrogen-bond donors (Lipinski definition) is 1. The lowest BCUT2D eigenvalue weighted by Gasteiger charge is -2.07. The fraction of sp³-hybridized carbons (Fsp3) is 0.462. The summed E-state index contributed by atoms with van der Waals surface area (Å²) >= 11 is 0. The molecule has 1 rings (SSSR count). The van der Waals surface area contributed by atoms with Gasteiger partial charge in [-0.15, -0.1) is 0 Å². The van der Waals surface area contributed by atoms with E-state index in [2.05, 4.69) is 10.1 Å². The zero-order valence-corrected chi connectivity index (χ0v) is 10.7. The van der Waals surface area contributed by atoms with Crippen LogP contribution in [0.4, 0.5) is 4.39 Å². The highest BCUT2D eigenvalue weighted by Gasteiger charge is 2.11. The predicted molar refractivity (Wildman–Crippen MR) is 65.9 cm³/mol. The Bertz CT molecular complexity index is 396. The number of rotatable bonds is 7. The van der Waals surface area contributed by atoms with Crippen LogP contribution in [0.15, 0.2) is 18.2 Å². The molecule has 1 aromatic carbocycles. The first kappa shape index (κ1) is 14.6. The van der Waals surface area contributed by atoms with E-state index in [0.29, 0.717) is 26.3 Å². The standard InChI is InChI=1S/C13H18FNO3/c1-3-18-7-6-15-9-10-4-5-11(12(14)8-10)13(16)17-2/h4-5,8,15H,3,6-7,9H2,1-2H3. The second-order valence-corrected chi connectivity index (χ2v) is 3.68. The van der Waals surface area contributed by atoms with Crippen LogP contribution in [-0.2, 0) is 16.0 Å². The van der Waals surface area contributed by atoms with Crippen molar-refractivity contribution in [2.45, 2.75) is 13.5 Å². The van der Waals surface area contributed by atoms with Gasteiger partial charge in [0, 0.05) is 19.7 Å². The molecule has 0 unspecified atom stereocenters. The van der Waals surface area contributed by atoms with E-state index >= 15 is 0 Å². The van der Waals surface area contributed by atoms with E-state index < -0.39 is 11.8 Å². The van der Waals surface area contributed by atoms with Crippen LogP contribution in [0.25, 0.3) is 0 Å². The third kappa shape index (κ3) is 4.43. The quantitative estimate of drug-likeness (QED) is 0.595. The molecule has 4 nitrogen and oxygen atoms in total. The van der Waals surface area contributed by atoms with Gasteiger partial charge in [0.1, 0.15) is 5.82 Å². The minimum Gasteiger partial charge on any atom is -0.465 e. The summed E-state index contributed by atoms with van der Waals surface area (Å²) in [5.41, 5.74) is 0.729. The van der Waals surface area contributed by atoms with Crippen molar-refractivity contribution in [3.63, 3.8) is 0 Å². The summed E-state index contributed by atoms with van der Waals surface area (Å²) in [5.74, 6) is -1.23. The van der Waals surface area contributed by atoms with Gasteiger partial charge in [0.2, 0.25) is 0 Å². The lowest BCUT2D eigenvalue weighted by Crippen LogP contribution is -2.19. The smallest absolute Gasteiger partial charge is 0.340 e. The molecule has 0 aromatic heterocycles. The highest BCUT2D eigenvalue weighted by atomic mass is 19.1. The Morgan fingerprint density at radius 3 is 2.83 bits per heavy atom. The maximum atomic E-state index is 13.6. The van der Waals surface area contributed by atoms with Crippen molar-refractivity contribution in [3.8, 4) is 0 Å². The van der Waals surface area contributed by atoms with Crippen molar-refractivity contribution >= 4 is 5.97 Å². The molecule has 100 valence electrons. The van der Waals surface area contributed by atoms with Crippen molar-refractivity contribution in [1.82, 2.24) is 5.32 Å². The van der Waals surface area contributed by atoms with Crippen LogP contribution in [0.1, 0.15) is 22.8 Å². The monoisotopic (exact) mass is 255 g/mol. The Labute approximate surface area is 106 Å². The average Bonchev–Trinajstić information content (AvgIpc) is 2.38. The molecule has 1 N–H and O–H groups in total. The molecule has 0 aliphatic rings. The Morgan fingerprint density at radius 1 is 1.44 bits per heavy atom. The van der Waals surface area contributed by atoms with E-state index in [-0.39, 0.29) is 5.56 Å². The van der Waals surface area contributed by atoms with Gasteiger partial charge in [0.25, 0.3) is 0 Å². The molecule has 0 atom stereocenters. The highest BCUT2D eigenvalue weighted by molar-refractivity contribution is 5.89. The van der Waals surface area contributed by atoms with Gasteiger partial charge in [-0.3, -0.25) is 0 Å². The molecule has 0 saturated carbocycles. The van der Waals surface area contributed by atoms with Crippen molar-refractivity contribution in [1.29, 1.82) is 0 Å². The van der Waals surface area contributed by atoms with Gasteiger partial charge in [-0.2, -0.15) is 0 Å². The molecule has 5 heteroatoms. The third-order valence-electron chi connectivity index (χ3n) is 2.40. The fourth-order valence-electron chi connectivity index (χ4n) is 1.47. The van der Waals surface area contributed by atoms with Gasteiger partial charge < -0.3 is 14.8 Å². The fourth-order valence-corrected chi connectivity index (χ4v) is 1.47. The van der Waals surface area contributed by atoms with Crippen molar-refractivity contribution < 1.29 is 18.7 Å². The number of hydrogen-bond acceptors (Lipinski definition) is 4. The van der Waals surface area contributed by atoms with Crippen LogP contribution in [-0.4, -0.2) is 32.8 Å². The van der Waals surface area contributed by atoms with E-state index in [1.807, 2.05) is 6.92 Å². The van der Waals surface area contributed by atoms with Gasteiger partial charge in [0.05, 0.1) is 19.3 Å². The van der Waals surface area contributed by atoms with Crippen LogP contribution in [0, 0.1) is 5.82 Å². The van der Waals surface area contributed by atoms with E-state index in [9.17, 15) is 9.18 Å². The van der Waals surface area contributed by atoms with E-state index in [1.165, 1.54) is 19.2 Å². The normalized spacial score (nSPS) is 10.4. The van der Waals surface area contributed by atoms with Crippen LogP contribution < -0.4 is 5.32 Å². The first-order valence-electron chi connectivity index (χ1n) is 5.84. The number of ether oxygens (including phenoxy) is 2. The molecule has 0 heterocycles. The summed E-state index contributed by atoms with van der Waals surface area (Å²) < 4.78 is 23.2. The Hall–Kier alpha value is -1.46. The molecule has 0 bridgehead atoms. The zero-order chi connectivity index (χ0) is 13.4. The van der Waals surface area contributed by atoms with Gasteiger partial charge in [0.15, 0.2) is 0 Å². The molecule has 0 saturated heterocycles. The molecular weight excluding hydrogens is 237 g/mol. The molecule has 0 aliphatic carbocycles. The first-order valence-corrected chi connectivity index (χ1v) is 5.84. The largest absolute Gasteiger partial charge is 0.465 e. The Balaban J connectivity index is 2.49. The maximum absolute atomic E-state index is 13.6. The molecule has 1 aromatic rings. The molecule has 18 heavy (non-hydrogen) atoms. The summed E-state index contributed by atoms with van der Waals surface area (Å²) in [4.78, 5) is 11.2. The summed E-state index contributed by atoms with van der Waals surface area (Å²) in [5, 5.41) is 3.12. The maximum Gasteiger partial charge on any atom is 0.340 e. The van der Waals surface area contributed by atoms with Crippen LogP contribution in [0.3, 0.4) is 0 Å². The summed E-state index contributed by atoms with van der Waals surface area (Å²) in [6.45, 7) is 4.48. The van der Waals surface area contributed by atoms with Gasteiger partial charge in [-0.1, -0.05) is 6.07 Å². The van der Waals surface area contributed by atoms with Crippen LogP contribution >= 0.6 is 0 Å². The van der Waals surface area contributed by atoms with Crippen molar-refractivity contribution in [3.05, 3.63) is 35.1 Å². The van der Waals surface area contributed by atoms with Gasteiger partial charge in [-0.25, -0.2) is 9.18 Å². The van der Waals surface area contributed by atoms with Gasteiger partial charge in [-0.05, 0) is 24.6 Å². The predicted octanol–water partition coefficient (Wildman–Crippen LogP) is 1.74. The second kappa shape index (κ2) is 7.79. The average molecular weight is 255 g/mol. The number of nitrogens with one attached hydrogen (secondary N) is 1. The number of halogens is 1. The summed E-state index contributed by atoms with van der Waals surface area (Å²) in [7, 11) is 1.23. The molecular formula is C13H18FNO3. The Kier molecular flexibility index (Phi) is 6.32. The van der Waals surface area contributed by atoms with Crippen molar-refractivity contribution in [2.24, 2.45) is 0 Å². The van der Waals surface area contributed by atoms with E-state index in [0.717, 1.165) is 5.56 Å². The second-order valence-electron chi connectivity index (χ2n) is 3.68.